The first-order valence-electron chi connectivity index (χ1n) is 7.24. The molecule has 0 aromatic heterocycles. The van der Waals surface area contributed by atoms with Gasteiger partial charge in [-0.15, -0.1) is 0 Å². The lowest BCUT2D eigenvalue weighted by Crippen LogP contribution is -2.35. The molecule has 0 aliphatic carbocycles. The highest BCUT2D eigenvalue weighted by Crippen LogP contribution is 2.21. The Morgan fingerprint density at radius 2 is 2.24 bits per heavy atom. The van der Waals surface area contributed by atoms with Crippen molar-refractivity contribution in [3.05, 3.63) is 35.6 Å². The summed E-state index contributed by atoms with van der Waals surface area (Å²) in [7, 11) is 0.970. The Hall–Kier alpha value is -0.980. The van der Waals surface area contributed by atoms with Crippen molar-refractivity contribution in [3.8, 4) is 0 Å². The fraction of sp³-hybridized carbons (Fsp3) is 0.600. The summed E-state index contributed by atoms with van der Waals surface area (Å²) in [5.74, 6) is 0.317. The van der Waals surface area contributed by atoms with E-state index >= 15 is 0 Å². The Balaban J connectivity index is 1.91. The van der Waals surface area contributed by atoms with Crippen LogP contribution in [-0.2, 0) is 9.84 Å². The molecule has 0 radical (unpaired) electrons. The van der Waals surface area contributed by atoms with Crippen LogP contribution in [0.4, 0.5) is 4.39 Å². The molecule has 1 aromatic carbocycles. The zero-order valence-electron chi connectivity index (χ0n) is 12.5. The maximum atomic E-state index is 13.3. The van der Waals surface area contributed by atoms with Crippen molar-refractivity contribution in [3.63, 3.8) is 0 Å². The third-order valence-electron chi connectivity index (χ3n) is 4.20. The highest BCUT2D eigenvalue weighted by molar-refractivity contribution is 7.91. The molecule has 2 rings (SSSR count). The average molecular weight is 314 g/mol. The van der Waals surface area contributed by atoms with Crippen molar-refractivity contribution in [1.82, 2.24) is 10.2 Å². The molecule has 2 atom stereocenters. The fourth-order valence-electron chi connectivity index (χ4n) is 2.84. The number of hydrogen-bond donors (Lipinski definition) is 1. The molecular formula is C15H23FN2O2S. The minimum Gasteiger partial charge on any atom is -0.313 e. The average Bonchev–Trinajstić information content (AvgIpc) is 2.80. The zero-order valence-corrected chi connectivity index (χ0v) is 13.4. The van der Waals surface area contributed by atoms with Crippen molar-refractivity contribution in [1.29, 1.82) is 0 Å². The predicted molar refractivity (Wildman–Crippen MR) is 82.5 cm³/mol. The fourth-order valence-corrected chi connectivity index (χ4v) is 4.64. The normalized spacial score (nSPS) is 22.6. The second-order valence-electron chi connectivity index (χ2n) is 5.72. The van der Waals surface area contributed by atoms with E-state index in [1.807, 2.05) is 20.2 Å². The van der Waals surface area contributed by atoms with Crippen LogP contribution in [0.3, 0.4) is 0 Å². The Kier molecular flexibility index (Phi) is 5.35. The van der Waals surface area contributed by atoms with E-state index < -0.39 is 9.84 Å². The second kappa shape index (κ2) is 6.85. The highest BCUT2D eigenvalue weighted by Gasteiger charge is 2.30. The quantitative estimate of drug-likeness (QED) is 0.866. The minimum atomic E-state index is -2.85. The van der Waals surface area contributed by atoms with Gasteiger partial charge in [-0.1, -0.05) is 12.1 Å². The second-order valence-corrected chi connectivity index (χ2v) is 7.95. The van der Waals surface area contributed by atoms with E-state index in [2.05, 4.69) is 10.2 Å². The summed E-state index contributed by atoms with van der Waals surface area (Å²) in [6, 6.07) is 6.78. The van der Waals surface area contributed by atoms with E-state index in [1.165, 1.54) is 6.07 Å². The number of sulfone groups is 1. The molecule has 0 bridgehead atoms. The largest absolute Gasteiger partial charge is 0.313 e. The molecule has 0 saturated carbocycles. The van der Waals surface area contributed by atoms with Crippen LogP contribution in [0, 0.1) is 5.82 Å². The van der Waals surface area contributed by atoms with E-state index in [9.17, 15) is 12.8 Å². The summed E-state index contributed by atoms with van der Waals surface area (Å²) < 4.78 is 36.3. The van der Waals surface area contributed by atoms with Crippen LogP contribution in [0.15, 0.2) is 24.3 Å². The van der Waals surface area contributed by atoms with Gasteiger partial charge in [0.25, 0.3) is 0 Å². The van der Waals surface area contributed by atoms with Gasteiger partial charge >= 0.3 is 0 Å². The van der Waals surface area contributed by atoms with Gasteiger partial charge in [-0.2, -0.15) is 0 Å². The van der Waals surface area contributed by atoms with Gasteiger partial charge in [-0.3, -0.25) is 0 Å². The molecule has 21 heavy (non-hydrogen) atoms. The molecule has 1 fully saturated rings. The molecule has 0 spiro atoms. The van der Waals surface area contributed by atoms with Crippen molar-refractivity contribution < 1.29 is 12.8 Å². The Bertz CT molecular complexity index is 577. The third-order valence-corrected chi connectivity index (χ3v) is 5.95. The lowest BCUT2D eigenvalue weighted by Gasteiger charge is -2.26. The maximum absolute atomic E-state index is 13.3. The lowest BCUT2D eigenvalue weighted by atomic mass is 10.0. The van der Waals surface area contributed by atoms with Crippen molar-refractivity contribution in [2.24, 2.45) is 0 Å². The van der Waals surface area contributed by atoms with Crippen LogP contribution in [0.2, 0.25) is 0 Å². The van der Waals surface area contributed by atoms with Gasteiger partial charge in [0.05, 0.1) is 11.5 Å². The molecule has 118 valence electrons. The van der Waals surface area contributed by atoms with Crippen LogP contribution in [-0.4, -0.2) is 51.5 Å². The Morgan fingerprint density at radius 1 is 1.48 bits per heavy atom. The molecule has 1 aromatic rings. The standard InChI is InChI=1S/C15H23FN2O2S/c1-17-15(12-4-3-5-13(16)10-12)6-8-18(2)14-7-9-21(19,20)11-14/h3-5,10,14-15,17H,6-9,11H2,1-2H3. The number of rotatable bonds is 6. The first-order valence-corrected chi connectivity index (χ1v) is 9.07. The molecule has 6 heteroatoms. The van der Waals surface area contributed by atoms with E-state index in [0.717, 1.165) is 18.5 Å². The summed E-state index contributed by atoms with van der Waals surface area (Å²) in [4.78, 5) is 2.11. The summed E-state index contributed by atoms with van der Waals surface area (Å²) in [6.45, 7) is 0.780. The van der Waals surface area contributed by atoms with E-state index in [1.54, 1.807) is 12.1 Å². The van der Waals surface area contributed by atoms with Gasteiger partial charge in [0.15, 0.2) is 9.84 Å². The summed E-state index contributed by atoms with van der Waals surface area (Å²) >= 11 is 0. The van der Waals surface area contributed by atoms with Crippen LogP contribution in [0.5, 0.6) is 0 Å². The van der Waals surface area contributed by atoms with Crippen molar-refractivity contribution >= 4 is 9.84 Å². The van der Waals surface area contributed by atoms with Gasteiger partial charge in [0.2, 0.25) is 0 Å². The van der Waals surface area contributed by atoms with Gasteiger partial charge in [-0.05, 0) is 51.2 Å². The van der Waals surface area contributed by atoms with E-state index in [0.29, 0.717) is 12.2 Å². The number of nitrogens with zero attached hydrogens (tertiary/aromatic N) is 1. The summed E-state index contributed by atoms with van der Waals surface area (Å²) in [6.07, 6.45) is 1.52. The topological polar surface area (TPSA) is 49.4 Å². The monoisotopic (exact) mass is 314 g/mol. The minimum absolute atomic E-state index is 0.0705. The van der Waals surface area contributed by atoms with Crippen LogP contribution in [0.1, 0.15) is 24.4 Å². The number of halogens is 1. The molecule has 1 saturated heterocycles. The van der Waals surface area contributed by atoms with E-state index in [-0.39, 0.29) is 23.7 Å². The SMILES string of the molecule is CNC(CCN(C)C1CCS(=O)(=O)C1)c1cccc(F)c1. The lowest BCUT2D eigenvalue weighted by molar-refractivity contribution is 0.248. The molecular weight excluding hydrogens is 291 g/mol. The van der Waals surface area contributed by atoms with Crippen molar-refractivity contribution in [2.75, 3.05) is 32.1 Å². The summed E-state index contributed by atoms with van der Waals surface area (Å²) in [5, 5.41) is 3.20. The van der Waals surface area contributed by atoms with E-state index in [4.69, 9.17) is 0 Å². The van der Waals surface area contributed by atoms with Gasteiger partial charge in [0.1, 0.15) is 5.82 Å². The zero-order chi connectivity index (χ0) is 15.5. The maximum Gasteiger partial charge on any atom is 0.151 e. The number of nitrogens with one attached hydrogen (secondary N) is 1. The first-order chi connectivity index (χ1) is 9.91. The third kappa shape index (κ3) is 4.49. The van der Waals surface area contributed by atoms with Gasteiger partial charge in [0, 0.05) is 12.1 Å². The molecule has 1 aliphatic rings. The highest BCUT2D eigenvalue weighted by atomic mass is 32.2. The Morgan fingerprint density at radius 3 is 2.81 bits per heavy atom. The molecule has 1 aliphatic heterocycles. The molecule has 4 nitrogen and oxygen atoms in total. The molecule has 1 heterocycles. The number of benzene rings is 1. The number of hydrogen-bond acceptors (Lipinski definition) is 4. The summed E-state index contributed by atoms with van der Waals surface area (Å²) in [5.41, 5.74) is 0.921. The first kappa shape index (κ1) is 16.4. The van der Waals surface area contributed by atoms with Gasteiger partial charge in [-0.25, -0.2) is 12.8 Å². The Labute approximate surface area is 126 Å². The van der Waals surface area contributed by atoms with Gasteiger partial charge < -0.3 is 10.2 Å². The van der Waals surface area contributed by atoms with Crippen LogP contribution < -0.4 is 5.32 Å². The smallest absolute Gasteiger partial charge is 0.151 e. The predicted octanol–water partition coefficient (Wildman–Crippen LogP) is 1.60. The molecule has 1 N–H and O–H groups in total. The molecule has 2 unspecified atom stereocenters. The van der Waals surface area contributed by atoms with Crippen LogP contribution >= 0.6 is 0 Å². The van der Waals surface area contributed by atoms with Crippen LogP contribution in [0.25, 0.3) is 0 Å². The van der Waals surface area contributed by atoms with Crippen molar-refractivity contribution in [2.45, 2.75) is 24.9 Å². The molecule has 0 amide bonds.